The number of rotatable bonds is 1. The Kier molecular flexibility index (Phi) is 4.32. The van der Waals surface area contributed by atoms with Gasteiger partial charge >= 0.3 is 6.09 Å². The third-order valence-electron chi connectivity index (χ3n) is 2.70. The second-order valence-corrected chi connectivity index (χ2v) is 7.05. The molecule has 2 rings (SSSR count). The summed E-state index contributed by atoms with van der Waals surface area (Å²) < 4.78 is 5.94. The van der Waals surface area contributed by atoms with Gasteiger partial charge in [-0.05, 0) is 20.8 Å². The van der Waals surface area contributed by atoms with Crippen LogP contribution in [0.15, 0.2) is 6.20 Å². The van der Waals surface area contributed by atoms with Crippen LogP contribution < -0.4 is 5.32 Å². The summed E-state index contributed by atoms with van der Waals surface area (Å²) in [5.74, 6) is 0. The molecule has 1 aromatic heterocycles. The van der Waals surface area contributed by atoms with Crippen molar-refractivity contribution in [3.05, 3.63) is 15.5 Å². The lowest BCUT2D eigenvalue weighted by molar-refractivity contribution is 0.0121. The van der Waals surface area contributed by atoms with Crippen molar-refractivity contribution in [1.82, 2.24) is 15.2 Å². The Labute approximate surface area is 121 Å². The quantitative estimate of drug-likeness (QED) is 0.866. The van der Waals surface area contributed by atoms with Gasteiger partial charge in [-0.1, -0.05) is 11.6 Å². The van der Waals surface area contributed by atoms with Crippen molar-refractivity contribution in [2.75, 3.05) is 19.6 Å². The molecule has 0 bridgehead atoms. The molecule has 0 aliphatic carbocycles. The van der Waals surface area contributed by atoms with Gasteiger partial charge in [0.05, 0.1) is 6.04 Å². The number of ether oxygens (including phenoxy) is 1. The first-order chi connectivity index (χ1) is 8.87. The molecule has 106 valence electrons. The number of piperazine rings is 1. The maximum absolute atomic E-state index is 12.2. The molecule has 1 saturated heterocycles. The Bertz CT molecular complexity index is 458. The highest BCUT2D eigenvalue weighted by Crippen LogP contribution is 2.30. The number of nitrogens with one attached hydrogen (secondary N) is 1. The summed E-state index contributed by atoms with van der Waals surface area (Å²) in [5, 5.41) is 3.28. The Morgan fingerprint density at radius 2 is 2.37 bits per heavy atom. The summed E-state index contributed by atoms with van der Waals surface area (Å²) in [7, 11) is 0. The number of carbonyl (C=O) groups is 1. The number of amides is 1. The number of carbonyl (C=O) groups excluding carboxylic acids is 1. The average molecular weight is 304 g/mol. The van der Waals surface area contributed by atoms with Crippen molar-refractivity contribution in [1.29, 1.82) is 0 Å². The molecule has 5 nitrogen and oxygen atoms in total. The number of aromatic nitrogens is 1. The molecular weight excluding hydrogens is 286 g/mol. The maximum atomic E-state index is 12.2. The first-order valence-electron chi connectivity index (χ1n) is 6.18. The van der Waals surface area contributed by atoms with Gasteiger partial charge in [0, 0.05) is 30.7 Å². The lowest BCUT2D eigenvalue weighted by Crippen LogP contribution is -2.49. The zero-order valence-electron chi connectivity index (χ0n) is 11.3. The van der Waals surface area contributed by atoms with Crippen molar-refractivity contribution >= 4 is 29.0 Å². The first-order valence-corrected chi connectivity index (χ1v) is 7.38. The van der Waals surface area contributed by atoms with E-state index in [1.807, 2.05) is 20.8 Å². The summed E-state index contributed by atoms with van der Waals surface area (Å²) in [6.45, 7) is 7.68. The Hall–Kier alpha value is -0.850. The molecule has 1 N–H and O–H groups in total. The fourth-order valence-electron chi connectivity index (χ4n) is 1.92. The van der Waals surface area contributed by atoms with Crippen LogP contribution in [0.25, 0.3) is 0 Å². The molecule has 0 aromatic carbocycles. The Morgan fingerprint density at radius 1 is 1.63 bits per heavy atom. The number of hydrogen-bond acceptors (Lipinski definition) is 5. The highest BCUT2D eigenvalue weighted by Gasteiger charge is 2.32. The SMILES string of the molecule is CC(C)(C)OC(=O)N1CCNCC1c1cnc(Cl)s1. The zero-order valence-corrected chi connectivity index (χ0v) is 12.8. The van der Waals surface area contributed by atoms with Gasteiger partial charge in [-0.3, -0.25) is 4.90 Å². The second kappa shape index (κ2) is 5.64. The predicted molar refractivity (Wildman–Crippen MR) is 75.7 cm³/mol. The van der Waals surface area contributed by atoms with Gasteiger partial charge < -0.3 is 10.1 Å². The van der Waals surface area contributed by atoms with E-state index in [1.165, 1.54) is 11.3 Å². The summed E-state index contributed by atoms with van der Waals surface area (Å²) in [6, 6.07) is -0.0615. The molecule has 1 fully saturated rings. The molecule has 1 atom stereocenters. The number of hydrogen-bond donors (Lipinski definition) is 1. The van der Waals surface area contributed by atoms with Crippen LogP contribution in [-0.2, 0) is 4.74 Å². The molecule has 1 aliphatic heterocycles. The fourth-order valence-corrected chi connectivity index (χ4v) is 2.98. The topological polar surface area (TPSA) is 54.5 Å². The average Bonchev–Trinajstić information content (AvgIpc) is 2.73. The van der Waals surface area contributed by atoms with Crippen LogP contribution in [0, 0.1) is 0 Å². The molecule has 1 aliphatic rings. The molecule has 0 saturated carbocycles. The van der Waals surface area contributed by atoms with Crippen LogP contribution in [0.3, 0.4) is 0 Å². The second-order valence-electron chi connectivity index (χ2n) is 5.41. The van der Waals surface area contributed by atoms with Crippen LogP contribution in [0.4, 0.5) is 4.79 Å². The Morgan fingerprint density at radius 3 is 2.95 bits per heavy atom. The number of halogens is 1. The van der Waals surface area contributed by atoms with Crippen molar-refractivity contribution < 1.29 is 9.53 Å². The lowest BCUT2D eigenvalue weighted by Gasteiger charge is -2.36. The van der Waals surface area contributed by atoms with Gasteiger partial charge in [0.1, 0.15) is 5.60 Å². The van der Waals surface area contributed by atoms with E-state index >= 15 is 0 Å². The van der Waals surface area contributed by atoms with E-state index in [0.717, 1.165) is 11.4 Å². The summed E-state index contributed by atoms with van der Waals surface area (Å²) in [6.07, 6.45) is 1.44. The highest BCUT2D eigenvalue weighted by molar-refractivity contribution is 7.15. The van der Waals surface area contributed by atoms with Crippen LogP contribution in [0.2, 0.25) is 4.47 Å². The monoisotopic (exact) mass is 303 g/mol. The molecule has 7 heteroatoms. The van der Waals surface area contributed by atoms with Crippen LogP contribution in [0.5, 0.6) is 0 Å². The molecule has 2 heterocycles. The molecule has 1 aromatic rings. The smallest absolute Gasteiger partial charge is 0.410 e. The predicted octanol–water partition coefficient (Wildman–Crippen LogP) is 2.68. The first kappa shape index (κ1) is 14.6. The van der Waals surface area contributed by atoms with E-state index in [2.05, 4.69) is 10.3 Å². The number of thiazole rings is 1. The van der Waals surface area contributed by atoms with E-state index in [0.29, 0.717) is 17.6 Å². The third-order valence-corrected chi connectivity index (χ3v) is 3.91. The summed E-state index contributed by atoms with van der Waals surface area (Å²) in [4.78, 5) is 19.0. The molecule has 1 amide bonds. The van der Waals surface area contributed by atoms with Gasteiger partial charge in [-0.15, -0.1) is 11.3 Å². The lowest BCUT2D eigenvalue weighted by atomic mass is 10.1. The van der Waals surface area contributed by atoms with E-state index in [-0.39, 0.29) is 12.1 Å². The van der Waals surface area contributed by atoms with Crippen LogP contribution in [-0.4, -0.2) is 41.2 Å². The van der Waals surface area contributed by atoms with E-state index in [4.69, 9.17) is 16.3 Å². The minimum Gasteiger partial charge on any atom is -0.444 e. The van der Waals surface area contributed by atoms with Crippen molar-refractivity contribution in [3.63, 3.8) is 0 Å². The van der Waals surface area contributed by atoms with Gasteiger partial charge in [0.25, 0.3) is 0 Å². The normalized spacial score (nSPS) is 20.4. The minimum absolute atomic E-state index is 0.0615. The number of nitrogens with zero attached hydrogens (tertiary/aromatic N) is 2. The maximum Gasteiger partial charge on any atom is 0.410 e. The fraction of sp³-hybridized carbons (Fsp3) is 0.667. The molecule has 0 spiro atoms. The summed E-state index contributed by atoms with van der Waals surface area (Å²) in [5.41, 5.74) is -0.488. The highest BCUT2D eigenvalue weighted by atomic mass is 35.5. The Balaban J connectivity index is 2.14. The van der Waals surface area contributed by atoms with E-state index in [1.54, 1.807) is 11.1 Å². The zero-order chi connectivity index (χ0) is 14.0. The minimum atomic E-state index is -0.488. The third kappa shape index (κ3) is 3.81. The van der Waals surface area contributed by atoms with Crippen molar-refractivity contribution in [2.24, 2.45) is 0 Å². The molecular formula is C12H18ClN3O2S. The molecule has 19 heavy (non-hydrogen) atoms. The van der Waals surface area contributed by atoms with E-state index < -0.39 is 5.60 Å². The molecule has 0 radical (unpaired) electrons. The largest absolute Gasteiger partial charge is 0.444 e. The summed E-state index contributed by atoms with van der Waals surface area (Å²) >= 11 is 7.26. The van der Waals surface area contributed by atoms with Gasteiger partial charge in [0.15, 0.2) is 4.47 Å². The van der Waals surface area contributed by atoms with Crippen molar-refractivity contribution in [2.45, 2.75) is 32.4 Å². The van der Waals surface area contributed by atoms with Gasteiger partial charge in [-0.2, -0.15) is 0 Å². The van der Waals surface area contributed by atoms with E-state index in [9.17, 15) is 4.79 Å². The van der Waals surface area contributed by atoms with Crippen molar-refractivity contribution in [3.8, 4) is 0 Å². The standard InChI is InChI=1S/C12H18ClN3O2S/c1-12(2,3)18-11(17)16-5-4-14-6-8(16)9-7-15-10(13)19-9/h7-8,14H,4-6H2,1-3H3. The molecule has 1 unspecified atom stereocenters. The van der Waals surface area contributed by atoms with Crippen LogP contribution in [0.1, 0.15) is 31.7 Å². The van der Waals surface area contributed by atoms with Gasteiger partial charge in [-0.25, -0.2) is 9.78 Å². The van der Waals surface area contributed by atoms with Gasteiger partial charge in [0.2, 0.25) is 0 Å². The van der Waals surface area contributed by atoms with Crippen LogP contribution >= 0.6 is 22.9 Å².